The molecule has 0 heterocycles. The van der Waals surface area contributed by atoms with E-state index in [9.17, 15) is 0 Å². The first-order chi connectivity index (χ1) is 8.17. The fourth-order valence-electron chi connectivity index (χ4n) is 2.28. The maximum atomic E-state index is 5.80. The smallest absolute Gasteiger partial charge is 0.0233 e. The quantitative estimate of drug-likeness (QED) is 0.786. The number of hydrogen-bond donors (Lipinski definition) is 1. The van der Waals surface area contributed by atoms with Crippen molar-refractivity contribution in [1.29, 1.82) is 0 Å². The molecule has 96 valence electrons. The van der Waals surface area contributed by atoms with E-state index in [1.54, 1.807) is 0 Å². The van der Waals surface area contributed by atoms with Crippen LogP contribution in [-0.2, 0) is 6.54 Å². The highest BCUT2D eigenvalue weighted by Crippen LogP contribution is 2.12. The summed E-state index contributed by atoms with van der Waals surface area (Å²) in [5, 5.41) is 0. The van der Waals surface area contributed by atoms with Crippen molar-refractivity contribution in [2.24, 2.45) is 11.7 Å². The minimum absolute atomic E-state index is 0.633. The minimum Gasteiger partial charge on any atom is -0.330 e. The zero-order chi connectivity index (χ0) is 12.7. The molecule has 0 radical (unpaired) electrons. The van der Waals surface area contributed by atoms with Gasteiger partial charge >= 0.3 is 0 Å². The van der Waals surface area contributed by atoms with Crippen molar-refractivity contribution < 1.29 is 0 Å². The lowest BCUT2D eigenvalue weighted by Gasteiger charge is -2.23. The summed E-state index contributed by atoms with van der Waals surface area (Å²) >= 11 is 0. The van der Waals surface area contributed by atoms with Crippen molar-refractivity contribution in [1.82, 2.24) is 4.90 Å². The second-order valence-corrected chi connectivity index (χ2v) is 5.01. The third-order valence-corrected chi connectivity index (χ3v) is 3.30. The zero-order valence-electron chi connectivity index (χ0n) is 11.4. The van der Waals surface area contributed by atoms with E-state index >= 15 is 0 Å². The molecule has 2 heteroatoms. The highest BCUT2D eigenvalue weighted by atomic mass is 15.1. The molecule has 1 rings (SSSR count). The predicted molar refractivity (Wildman–Crippen MR) is 75.0 cm³/mol. The summed E-state index contributed by atoms with van der Waals surface area (Å²) in [6.07, 6.45) is 2.45. The summed E-state index contributed by atoms with van der Waals surface area (Å²) in [7, 11) is 2.19. The Morgan fingerprint density at radius 3 is 2.59 bits per heavy atom. The number of aryl methyl sites for hydroxylation is 1. The van der Waals surface area contributed by atoms with E-state index in [-0.39, 0.29) is 0 Å². The molecule has 0 saturated carbocycles. The van der Waals surface area contributed by atoms with Crippen molar-refractivity contribution in [3.8, 4) is 0 Å². The molecule has 0 fully saturated rings. The third kappa shape index (κ3) is 4.88. The molecule has 1 unspecified atom stereocenters. The van der Waals surface area contributed by atoms with Gasteiger partial charge in [-0.2, -0.15) is 0 Å². The summed E-state index contributed by atoms with van der Waals surface area (Å²) < 4.78 is 0. The molecular weight excluding hydrogens is 208 g/mol. The normalized spacial score (nSPS) is 13.0. The summed E-state index contributed by atoms with van der Waals surface area (Å²) in [4.78, 5) is 2.38. The van der Waals surface area contributed by atoms with Gasteiger partial charge in [0.05, 0.1) is 0 Å². The first kappa shape index (κ1) is 14.2. The fourth-order valence-corrected chi connectivity index (χ4v) is 2.28. The average Bonchev–Trinajstić information content (AvgIpc) is 2.31. The minimum atomic E-state index is 0.633. The average molecular weight is 234 g/mol. The van der Waals surface area contributed by atoms with Crippen LogP contribution in [0.15, 0.2) is 24.3 Å². The number of nitrogens with two attached hydrogens (primary N) is 1. The van der Waals surface area contributed by atoms with Crippen molar-refractivity contribution in [3.63, 3.8) is 0 Å². The second-order valence-electron chi connectivity index (χ2n) is 5.01. The summed E-state index contributed by atoms with van der Waals surface area (Å²) in [5.41, 5.74) is 8.60. The van der Waals surface area contributed by atoms with Crippen LogP contribution < -0.4 is 5.73 Å². The van der Waals surface area contributed by atoms with Crippen molar-refractivity contribution in [2.75, 3.05) is 20.1 Å². The van der Waals surface area contributed by atoms with Crippen LogP contribution in [0.25, 0.3) is 0 Å². The van der Waals surface area contributed by atoms with Gasteiger partial charge in [0.15, 0.2) is 0 Å². The van der Waals surface area contributed by atoms with Gasteiger partial charge in [-0.3, -0.25) is 0 Å². The Kier molecular flexibility index (Phi) is 6.23. The Morgan fingerprint density at radius 2 is 2.00 bits per heavy atom. The highest BCUT2D eigenvalue weighted by molar-refractivity contribution is 5.25. The molecule has 0 spiro atoms. The Bertz CT molecular complexity index is 322. The van der Waals surface area contributed by atoms with Crippen molar-refractivity contribution in [2.45, 2.75) is 33.2 Å². The lowest BCUT2D eigenvalue weighted by molar-refractivity contribution is 0.262. The number of benzene rings is 1. The first-order valence-corrected chi connectivity index (χ1v) is 6.60. The van der Waals surface area contributed by atoms with Crippen LogP contribution in [0.4, 0.5) is 0 Å². The molecular formula is C15H26N2. The van der Waals surface area contributed by atoms with E-state index in [4.69, 9.17) is 5.73 Å². The standard InChI is InChI=1S/C15H26N2/c1-4-7-14(10-16)11-17(3)12-15-9-6-5-8-13(15)2/h5-6,8-9,14H,4,7,10-12,16H2,1-3H3. The lowest BCUT2D eigenvalue weighted by atomic mass is 10.0. The van der Waals surface area contributed by atoms with E-state index < -0.39 is 0 Å². The molecule has 2 N–H and O–H groups in total. The predicted octanol–water partition coefficient (Wildman–Crippen LogP) is 2.80. The Labute approximate surface area is 106 Å². The van der Waals surface area contributed by atoms with Gasteiger partial charge in [-0.25, -0.2) is 0 Å². The summed E-state index contributed by atoms with van der Waals surface area (Å²) in [5.74, 6) is 0.633. The number of hydrogen-bond acceptors (Lipinski definition) is 2. The van der Waals surface area contributed by atoms with Crippen molar-refractivity contribution >= 4 is 0 Å². The van der Waals surface area contributed by atoms with Crippen LogP contribution in [0.5, 0.6) is 0 Å². The summed E-state index contributed by atoms with van der Waals surface area (Å²) in [6.45, 7) is 7.32. The zero-order valence-corrected chi connectivity index (χ0v) is 11.4. The summed E-state index contributed by atoms with van der Waals surface area (Å²) in [6, 6.07) is 8.60. The Hall–Kier alpha value is -0.860. The van der Waals surface area contributed by atoms with Crippen LogP contribution in [0, 0.1) is 12.8 Å². The molecule has 0 aliphatic carbocycles. The maximum Gasteiger partial charge on any atom is 0.0233 e. The van der Waals surface area contributed by atoms with E-state index in [2.05, 4.69) is 50.1 Å². The molecule has 0 aromatic heterocycles. The van der Waals surface area contributed by atoms with Gasteiger partial charge < -0.3 is 10.6 Å². The van der Waals surface area contributed by atoms with E-state index in [1.165, 1.54) is 24.0 Å². The SMILES string of the molecule is CCCC(CN)CN(C)Cc1ccccc1C. The number of rotatable bonds is 7. The Morgan fingerprint density at radius 1 is 1.29 bits per heavy atom. The monoisotopic (exact) mass is 234 g/mol. The van der Waals surface area contributed by atoms with Crippen LogP contribution >= 0.6 is 0 Å². The van der Waals surface area contributed by atoms with Crippen LogP contribution in [-0.4, -0.2) is 25.0 Å². The third-order valence-electron chi connectivity index (χ3n) is 3.30. The fraction of sp³-hybridized carbons (Fsp3) is 0.600. The van der Waals surface area contributed by atoms with Gasteiger partial charge in [-0.05, 0) is 44.0 Å². The van der Waals surface area contributed by atoms with Crippen LogP contribution in [0.2, 0.25) is 0 Å². The largest absolute Gasteiger partial charge is 0.330 e. The van der Waals surface area contributed by atoms with E-state index in [0.717, 1.165) is 19.6 Å². The topological polar surface area (TPSA) is 29.3 Å². The highest BCUT2D eigenvalue weighted by Gasteiger charge is 2.10. The molecule has 0 saturated heterocycles. The molecule has 2 nitrogen and oxygen atoms in total. The van der Waals surface area contributed by atoms with Gasteiger partial charge in [-0.1, -0.05) is 37.6 Å². The van der Waals surface area contributed by atoms with Crippen molar-refractivity contribution in [3.05, 3.63) is 35.4 Å². The first-order valence-electron chi connectivity index (χ1n) is 6.60. The number of nitrogens with zero attached hydrogens (tertiary/aromatic N) is 1. The molecule has 1 atom stereocenters. The molecule has 0 aliphatic rings. The van der Waals surface area contributed by atoms with Gasteiger partial charge in [-0.15, -0.1) is 0 Å². The van der Waals surface area contributed by atoms with E-state index in [1.807, 2.05) is 0 Å². The molecule has 1 aromatic rings. The van der Waals surface area contributed by atoms with E-state index in [0.29, 0.717) is 5.92 Å². The van der Waals surface area contributed by atoms with Gasteiger partial charge in [0.1, 0.15) is 0 Å². The molecule has 0 bridgehead atoms. The lowest BCUT2D eigenvalue weighted by Crippen LogP contribution is -2.30. The maximum absolute atomic E-state index is 5.80. The Balaban J connectivity index is 2.49. The van der Waals surface area contributed by atoms with Gasteiger partial charge in [0, 0.05) is 13.1 Å². The molecule has 0 amide bonds. The molecule has 1 aromatic carbocycles. The molecule has 17 heavy (non-hydrogen) atoms. The van der Waals surface area contributed by atoms with Crippen LogP contribution in [0.3, 0.4) is 0 Å². The van der Waals surface area contributed by atoms with Gasteiger partial charge in [0.2, 0.25) is 0 Å². The van der Waals surface area contributed by atoms with Crippen LogP contribution in [0.1, 0.15) is 30.9 Å². The van der Waals surface area contributed by atoms with Gasteiger partial charge in [0.25, 0.3) is 0 Å². The molecule has 0 aliphatic heterocycles. The second kappa shape index (κ2) is 7.46.